The monoisotopic (exact) mass is 458 g/mol. The van der Waals surface area contributed by atoms with Crippen LogP contribution >= 0.6 is 46.8 Å². The van der Waals surface area contributed by atoms with Gasteiger partial charge < -0.3 is 0 Å². The van der Waals surface area contributed by atoms with Gasteiger partial charge in [0.05, 0.1) is 0 Å². The first kappa shape index (κ1) is 22.2. The SMILES string of the molecule is Clc1ccccc1CN(Cl)CC1(CN(Cl)Cc2ccccc2Cl)CCCCC1. The zero-order valence-electron chi connectivity index (χ0n) is 15.9. The first-order chi connectivity index (χ1) is 13.5. The van der Waals surface area contributed by atoms with E-state index >= 15 is 0 Å². The largest absolute Gasteiger partial charge is 0.215 e. The van der Waals surface area contributed by atoms with E-state index in [0.717, 1.165) is 47.1 Å². The van der Waals surface area contributed by atoms with Crippen LogP contribution in [0.3, 0.4) is 0 Å². The standard InChI is InChI=1S/C22H26Cl4N2/c23-20-10-4-2-8-18(20)14-27(25)16-22(12-6-1-7-13-22)17-28(26)15-19-9-3-5-11-21(19)24/h2-5,8-11H,1,6-7,12-17H2. The van der Waals surface area contributed by atoms with Crippen LogP contribution in [0.4, 0.5) is 0 Å². The van der Waals surface area contributed by atoms with Crippen molar-refractivity contribution in [2.45, 2.75) is 45.2 Å². The molecule has 2 aromatic rings. The van der Waals surface area contributed by atoms with Crippen molar-refractivity contribution in [1.29, 1.82) is 0 Å². The minimum absolute atomic E-state index is 0.0737. The molecule has 0 unspecified atom stereocenters. The van der Waals surface area contributed by atoms with Crippen LogP contribution in [0.1, 0.15) is 43.2 Å². The van der Waals surface area contributed by atoms with Gasteiger partial charge in [0.2, 0.25) is 0 Å². The Morgan fingerprint density at radius 3 is 1.54 bits per heavy atom. The molecular formula is C22H26Cl4N2. The fourth-order valence-electron chi connectivity index (χ4n) is 4.13. The van der Waals surface area contributed by atoms with Crippen molar-refractivity contribution in [3.63, 3.8) is 0 Å². The molecule has 1 aliphatic rings. The van der Waals surface area contributed by atoms with Crippen molar-refractivity contribution >= 4 is 46.8 Å². The molecule has 0 saturated heterocycles. The zero-order chi connectivity index (χ0) is 20.0. The smallest absolute Gasteiger partial charge is 0.0451 e. The molecule has 0 aromatic heterocycles. The van der Waals surface area contributed by atoms with Crippen molar-refractivity contribution < 1.29 is 0 Å². The maximum absolute atomic E-state index is 6.67. The van der Waals surface area contributed by atoms with Gasteiger partial charge in [-0.2, -0.15) is 0 Å². The third-order valence-corrected chi connectivity index (χ3v) is 6.74. The number of nitrogens with zero attached hydrogens (tertiary/aromatic N) is 2. The van der Waals surface area contributed by atoms with E-state index < -0.39 is 0 Å². The summed E-state index contributed by atoms with van der Waals surface area (Å²) in [5.74, 6) is 0. The van der Waals surface area contributed by atoms with Crippen LogP contribution in [0.5, 0.6) is 0 Å². The molecule has 0 aliphatic heterocycles. The van der Waals surface area contributed by atoms with Crippen LogP contribution in [0.25, 0.3) is 0 Å². The lowest BCUT2D eigenvalue weighted by molar-refractivity contribution is 0.113. The molecule has 152 valence electrons. The van der Waals surface area contributed by atoms with Gasteiger partial charge in [0.25, 0.3) is 0 Å². The summed E-state index contributed by atoms with van der Waals surface area (Å²) in [5.41, 5.74) is 2.16. The Bertz CT molecular complexity index is 704. The lowest BCUT2D eigenvalue weighted by atomic mass is 9.73. The molecular weight excluding hydrogens is 434 g/mol. The second kappa shape index (κ2) is 10.5. The highest BCUT2D eigenvalue weighted by molar-refractivity contribution is 6.31. The lowest BCUT2D eigenvalue weighted by Gasteiger charge is -2.41. The van der Waals surface area contributed by atoms with Crippen LogP contribution in [0.2, 0.25) is 10.0 Å². The number of halogens is 4. The zero-order valence-corrected chi connectivity index (χ0v) is 18.9. The van der Waals surface area contributed by atoms with E-state index in [4.69, 9.17) is 46.8 Å². The van der Waals surface area contributed by atoms with E-state index in [1.807, 2.05) is 57.4 Å². The Kier molecular flexibility index (Phi) is 8.34. The maximum Gasteiger partial charge on any atom is 0.0451 e. The van der Waals surface area contributed by atoms with Gasteiger partial charge in [0.15, 0.2) is 0 Å². The molecule has 0 heterocycles. The van der Waals surface area contributed by atoms with E-state index in [9.17, 15) is 0 Å². The highest BCUT2D eigenvalue weighted by Crippen LogP contribution is 2.39. The molecule has 0 spiro atoms. The van der Waals surface area contributed by atoms with E-state index in [0.29, 0.717) is 13.1 Å². The average molecular weight is 460 g/mol. The molecule has 2 aromatic carbocycles. The topological polar surface area (TPSA) is 6.48 Å². The molecule has 0 amide bonds. The number of hydrogen-bond acceptors (Lipinski definition) is 2. The van der Waals surface area contributed by atoms with Crippen LogP contribution in [0, 0.1) is 5.41 Å². The molecule has 0 N–H and O–H groups in total. The van der Waals surface area contributed by atoms with Crippen molar-refractivity contribution in [1.82, 2.24) is 8.84 Å². The van der Waals surface area contributed by atoms with Gasteiger partial charge in [-0.3, -0.25) is 0 Å². The summed E-state index contributed by atoms with van der Waals surface area (Å²) >= 11 is 26.0. The van der Waals surface area contributed by atoms with Crippen LogP contribution in [-0.4, -0.2) is 21.9 Å². The summed E-state index contributed by atoms with van der Waals surface area (Å²) in [6.07, 6.45) is 5.97. The van der Waals surface area contributed by atoms with E-state index in [-0.39, 0.29) is 5.41 Å². The van der Waals surface area contributed by atoms with Crippen molar-refractivity contribution in [2.75, 3.05) is 13.1 Å². The first-order valence-electron chi connectivity index (χ1n) is 9.76. The molecule has 0 radical (unpaired) electrons. The van der Waals surface area contributed by atoms with E-state index in [1.165, 1.54) is 19.3 Å². The molecule has 2 nitrogen and oxygen atoms in total. The molecule has 28 heavy (non-hydrogen) atoms. The highest BCUT2D eigenvalue weighted by Gasteiger charge is 2.35. The second-order valence-electron chi connectivity index (χ2n) is 7.80. The fraction of sp³-hybridized carbons (Fsp3) is 0.455. The van der Waals surface area contributed by atoms with Gasteiger partial charge in [-0.05, 0) is 65.1 Å². The Morgan fingerprint density at radius 1 is 0.679 bits per heavy atom. The normalized spacial score (nSPS) is 16.6. The first-order valence-corrected chi connectivity index (χ1v) is 11.2. The van der Waals surface area contributed by atoms with E-state index in [1.54, 1.807) is 0 Å². The van der Waals surface area contributed by atoms with Crippen LogP contribution < -0.4 is 0 Å². The summed E-state index contributed by atoms with van der Waals surface area (Å²) in [6.45, 7) is 2.81. The Balaban J connectivity index is 1.66. The summed E-state index contributed by atoms with van der Waals surface area (Å²) in [7, 11) is 0. The number of hydrogen-bond donors (Lipinski definition) is 0. The van der Waals surface area contributed by atoms with Crippen molar-refractivity contribution in [3.05, 3.63) is 69.7 Å². The van der Waals surface area contributed by atoms with Crippen molar-refractivity contribution in [2.24, 2.45) is 5.41 Å². The number of benzene rings is 2. The van der Waals surface area contributed by atoms with Crippen LogP contribution in [-0.2, 0) is 13.1 Å². The quantitative estimate of drug-likeness (QED) is 0.375. The van der Waals surface area contributed by atoms with Gasteiger partial charge in [0, 0.05) is 36.2 Å². The van der Waals surface area contributed by atoms with Gasteiger partial charge in [-0.15, -0.1) is 0 Å². The van der Waals surface area contributed by atoms with Crippen molar-refractivity contribution in [3.8, 4) is 0 Å². The minimum Gasteiger partial charge on any atom is -0.215 e. The Labute approximate surface area is 188 Å². The molecule has 0 bridgehead atoms. The lowest BCUT2D eigenvalue weighted by Crippen LogP contribution is -2.42. The minimum atomic E-state index is 0.0737. The Hall–Kier alpha value is -0.480. The summed E-state index contributed by atoms with van der Waals surface area (Å²) < 4.78 is 3.74. The summed E-state index contributed by atoms with van der Waals surface area (Å²) in [5, 5.41) is 1.51. The summed E-state index contributed by atoms with van der Waals surface area (Å²) in [6, 6.07) is 15.7. The van der Waals surface area contributed by atoms with Gasteiger partial charge in [0.1, 0.15) is 0 Å². The maximum atomic E-state index is 6.67. The molecule has 1 saturated carbocycles. The number of rotatable bonds is 8. The predicted octanol–water partition coefficient (Wildman–Crippen LogP) is 7.56. The fourth-order valence-corrected chi connectivity index (χ4v) is 5.29. The molecule has 0 atom stereocenters. The molecule has 1 aliphatic carbocycles. The molecule has 1 fully saturated rings. The summed E-state index contributed by atoms with van der Waals surface area (Å²) in [4.78, 5) is 0. The van der Waals surface area contributed by atoms with Gasteiger partial charge >= 0.3 is 0 Å². The Morgan fingerprint density at radius 2 is 1.11 bits per heavy atom. The third-order valence-electron chi connectivity index (χ3n) is 5.53. The van der Waals surface area contributed by atoms with Gasteiger partial charge in [-0.1, -0.05) is 78.9 Å². The third kappa shape index (κ3) is 6.26. The predicted molar refractivity (Wildman–Crippen MR) is 121 cm³/mol. The van der Waals surface area contributed by atoms with E-state index in [2.05, 4.69) is 0 Å². The van der Waals surface area contributed by atoms with Crippen LogP contribution in [0.15, 0.2) is 48.5 Å². The molecule has 3 rings (SSSR count). The van der Waals surface area contributed by atoms with Gasteiger partial charge in [-0.25, -0.2) is 8.84 Å². The second-order valence-corrected chi connectivity index (χ2v) is 9.57. The average Bonchev–Trinajstić information content (AvgIpc) is 2.66. The highest BCUT2D eigenvalue weighted by atomic mass is 35.5. The molecule has 6 heteroatoms.